The van der Waals surface area contributed by atoms with E-state index in [0.717, 1.165) is 5.69 Å². The standard InChI is InChI=1S/C9H13N3O/c1-3-10-9(13)12-8-6-4-5-7(2)11-8/h4-6H,3H2,1-2H3,(H2,10,11,12,13). The Morgan fingerprint density at radius 2 is 2.31 bits per heavy atom. The van der Waals surface area contributed by atoms with Crippen LogP contribution in [0.4, 0.5) is 10.6 Å². The fourth-order valence-electron chi connectivity index (χ4n) is 0.934. The number of hydrogen-bond donors (Lipinski definition) is 2. The highest BCUT2D eigenvalue weighted by atomic mass is 16.2. The molecule has 0 saturated heterocycles. The van der Waals surface area contributed by atoms with Crippen LogP contribution in [0.25, 0.3) is 0 Å². The summed E-state index contributed by atoms with van der Waals surface area (Å²) in [5.41, 5.74) is 0.884. The number of aromatic nitrogens is 1. The van der Waals surface area contributed by atoms with Gasteiger partial charge in [-0.15, -0.1) is 0 Å². The zero-order chi connectivity index (χ0) is 9.68. The number of hydrogen-bond acceptors (Lipinski definition) is 2. The van der Waals surface area contributed by atoms with E-state index in [1.54, 1.807) is 6.07 Å². The van der Waals surface area contributed by atoms with Gasteiger partial charge in [0.15, 0.2) is 0 Å². The predicted molar refractivity (Wildman–Crippen MR) is 51.7 cm³/mol. The summed E-state index contributed by atoms with van der Waals surface area (Å²) >= 11 is 0. The summed E-state index contributed by atoms with van der Waals surface area (Å²) in [6.45, 7) is 4.35. The van der Waals surface area contributed by atoms with Crippen molar-refractivity contribution in [1.29, 1.82) is 0 Å². The average molecular weight is 179 g/mol. The number of carbonyl (C=O) groups is 1. The summed E-state index contributed by atoms with van der Waals surface area (Å²) in [7, 11) is 0. The van der Waals surface area contributed by atoms with Crippen LogP contribution in [-0.2, 0) is 0 Å². The van der Waals surface area contributed by atoms with Gasteiger partial charge in [0.1, 0.15) is 5.82 Å². The highest BCUT2D eigenvalue weighted by Crippen LogP contribution is 2.02. The Kier molecular flexibility index (Phi) is 3.25. The fraction of sp³-hybridized carbons (Fsp3) is 0.333. The molecule has 1 aromatic heterocycles. The Balaban J connectivity index is 2.58. The maximum atomic E-state index is 11.1. The zero-order valence-electron chi connectivity index (χ0n) is 7.79. The predicted octanol–water partition coefficient (Wildman–Crippen LogP) is 1.53. The third-order valence-electron chi connectivity index (χ3n) is 1.47. The molecule has 1 rings (SSSR count). The van der Waals surface area contributed by atoms with Gasteiger partial charge in [-0.2, -0.15) is 0 Å². The molecule has 4 heteroatoms. The van der Waals surface area contributed by atoms with Gasteiger partial charge in [0.2, 0.25) is 0 Å². The van der Waals surface area contributed by atoms with Crippen molar-refractivity contribution in [2.75, 3.05) is 11.9 Å². The third-order valence-corrected chi connectivity index (χ3v) is 1.47. The van der Waals surface area contributed by atoms with Crippen molar-refractivity contribution in [3.63, 3.8) is 0 Å². The Bertz CT molecular complexity index is 299. The quantitative estimate of drug-likeness (QED) is 0.723. The molecular weight excluding hydrogens is 166 g/mol. The Morgan fingerprint density at radius 3 is 2.92 bits per heavy atom. The minimum atomic E-state index is -0.222. The van der Waals surface area contributed by atoms with Gasteiger partial charge >= 0.3 is 6.03 Å². The van der Waals surface area contributed by atoms with E-state index in [2.05, 4.69) is 15.6 Å². The van der Waals surface area contributed by atoms with Crippen molar-refractivity contribution >= 4 is 11.8 Å². The second-order valence-electron chi connectivity index (χ2n) is 2.65. The van der Waals surface area contributed by atoms with E-state index in [0.29, 0.717) is 12.4 Å². The van der Waals surface area contributed by atoms with Gasteiger partial charge < -0.3 is 5.32 Å². The first-order chi connectivity index (χ1) is 6.22. The number of rotatable bonds is 2. The molecule has 0 bridgehead atoms. The van der Waals surface area contributed by atoms with Gasteiger partial charge in [-0.3, -0.25) is 5.32 Å². The van der Waals surface area contributed by atoms with Crippen LogP contribution in [-0.4, -0.2) is 17.6 Å². The summed E-state index contributed by atoms with van der Waals surface area (Å²) in [4.78, 5) is 15.2. The summed E-state index contributed by atoms with van der Waals surface area (Å²) in [6.07, 6.45) is 0. The van der Waals surface area contributed by atoms with E-state index >= 15 is 0 Å². The topological polar surface area (TPSA) is 54.0 Å². The lowest BCUT2D eigenvalue weighted by molar-refractivity contribution is 0.252. The molecule has 70 valence electrons. The molecule has 0 aliphatic heterocycles. The normalized spacial score (nSPS) is 9.38. The Morgan fingerprint density at radius 1 is 1.54 bits per heavy atom. The first kappa shape index (κ1) is 9.51. The second-order valence-corrected chi connectivity index (χ2v) is 2.65. The molecule has 2 amide bonds. The second kappa shape index (κ2) is 4.45. The van der Waals surface area contributed by atoms with Gasteiger partial charge in [0.25, 0.3) is 0 Å². The fourth-order valence-corrected chi connectivity index (χ4v) is 0.934. The van der Waals surface area contributed by atoms with E-state index in [9.17, 15) is 4.79 Å². The van der Waals surface area contributed by atoms with E-state index in [1.165, 1.54) is 0 Å². The number of anilines is 1. The van der Waals surface area contributed by atoms with Gasteiger partial charge in [-0.25, -0.2) is 9.78 Å². The van der Waals surface area contributed by atoms with Gasteiger partial charge in [0.05, 0.1) is 0 Å². The Labute approximate surface area is 77.4 Å². The monoisotopic (exact) mass is 179 g/mol. The van der Waals surface area contributed by atoms with Crippen molar-refractivity contribution in [3.05, 3.63) is 23.9 Å². The molecule has 0 aliphatic carbocycles. The lowest BCUT2D eigenvalue weighted by Gasteiger charge is -2.04. The van der Waals surface area contributed by atoms with E-state index in [4.69, 9.17) is 0 Å². The number of urea groups is 1. The van der Waals surface area contributed by atoms with Crippen LogP contribution in [0, 0.1) is 6.92 Å². The van der Waals surface area contributed by atoms with E-state index < -0.39 is 0 Å². The van der Waals surface area contributed by atoms with Crippen LogP contribution in [0.15, 0.2) is 18.2 Å². The molecule has 0 aromatic carbocycles. The lowest BCUT2D eigenvalue weighted by atomic mass is 10.4. The maximum Gasteiger partial charge on any atom is 0.320 e. The van der Waals surface area contributed by atoms with E-state index in [-0.39, 0.29) is 6.03 Å². The molecule has 0 aliphatic rings. The molecule has 1 aromatic rings. The molecule has 13 heavy (non-hydrogen) atoms. The van der Waals surface area contributed by atoms with Crippen LogP contribution in [0.5, 0.6) is 0 Å². The molecule has 2 N–H and O–H groups in total. The number of carbonyl (C=O) groups excluding carboxylic acids is 1. The summed E-state index contributed by atoms with van der Waals surface area (Å²) in [5, 5.41) is 5.25. The van der Waals surface area contributed by atoms with Gasteiger partial charge in [0, 0.05) is 12.2 Å². The lowest BCUT2D eigenvalue weighted by Crippen LogP contribution is -2.28. The zero-order valence-corrected chi connectivity index (χ0v) is 7.79. The van der Waals surface area contributed by atoms with Gasteiger partial charge in [-0.05, 0) is 26.0 Å². The van der Waals surface area contributed by atoms with E-state index in [1.807, 2.05) is 26.0 Å². The van der Waals surface area contributed by atoms with Crippen LogP contribution < -0.4 is 10.6 Å². The first-order valence-corrected chi connectivity index (χ1v) is 4.21. The number of pyridine rings is 1. The van der Waals surface area contributed by atoms with Gasteiger partial charge in [-0.1, -0.05) is 6.07 Å². The molecule has 0 saturated carbocycles. The summed E-state index contributed by atoms with van der Waals surface area (Å²) in [5.74, 6) is 0.575. The first-order valence-electron chi connectivity index (χ1n) is 4.21. The minimum absolute atomic E-state index is 0.222. The smallest absolute Gasteiger partial charge is 0.320 e. The largest absolute Gasteiger partial charge is 0.338 e. The number of aryl methyl sites for hydroxylation is 1. The van der Waals surface area contributed by atoms with Crippen molar-refractivity contribution in [3.8, 4) is 0 Å². The SMILES string of the molecule is CCNC(=O)Nc1cccc(C)n1. The molecule has 0 fully saturated rings. The summed E-state index contributed by atoms with van der Waals surface area (Å²) in [6, 6.07) is 5.26. The van der Waals surface area contributed by atoms with Crippen molar-refractivity contribution in [2.45, 2.75) is 13.8 Å². The number of nitrogens with zero attached hydrogens (tertiary/aromatic N) is 1. The number of nitrogens with one attached hydrogen (secondary N) is 2. The number of amides is 2. The van der Waals surface area contributed by atoms with Crippen LogP contribution in [0.3, 0.4) is 0 Å². The molecule has 0 unspecified atom stereocenters. The third kappa shape index (κ3) is 3.11. The van der Waals surface area contributed by atoms with Crippen LogP contribution in [0.2, 0.25) is 0 Å². The molecular formula is C9H13N3O. The molecule has 0 radical (unpaired) electrons. The van der Waals surface area contributed by atoms with Crippen molar-refractivity contribution in [1.82, 2.24) is 10.3 Å². The van der Waals surface area contributed by atoms with Crippen molar-refractivity contribution in [2.24, 2.45) is 0 Å². The highest BCUT2D eigenvalue weighted by molar-refractivity contribution is 5.88. The maximum absolute atomic E-state index is 11.1. The molecule has 0 atom stereocenters. The Hall–Kier alpha value is -1.58. The van der Waals surface area contributed by atoms with Crippen LogP contribution >= 0.6 is 0 Å². The highest BCUT2D eigenvalue weighted by Gasteiger charge is 1.99. The molecule has 0 spiro atoms. The minimum Gasteiger partial charge on any atom is -0.338 e. The van der Waals surface area contributed by atoms with Crippen LogP contribution in [0.1, 0.15) is 12.6 Å². The average Bonchev–Trinajstić information content (AvgIpc) is 2.04. The summed E-state index contributed by atoms with van der Waals surface area (Å²) < 4.78 is 0. The molecule has 4 nitrogen and oxygen atoms in total. The van der Waals surface area contributed by atoms with Crippen molar-refractivity contribution < 1.29 is 4.79 Å². The molecule has 1 heterocycles.